The van der Waals surface area contributed by atoms with E-state index in [9.17, 15) is 9.18 Å². The Morgan fingerprint density at radius 3 is 2.46 bits per heavy atom. The topological polar surface area (TPSA) is 32.8 Å². The van der Waals surface area contributed by atoms with Gasteiger partial charge in [-0.1, -0.05) is 24.3 Å². The van der Waals surface area contributed by atoms with Gasteiger partial charge in [-0.3, -0.25) is 4.79 Å². The molecule has 1 amide bonds. The second-order valence-corrected chi connectivity index (χ2v) is 6.04. The first-order valence-electron chi connectivity index (χ1n) is 8.11. The Morgan fingerprint density at radius 2 is 1.75 bits per heavy atom. The number of nitrogens with zero attached hydrogens (tertiary/aromatic N) is 2. The van der Waals surface area contributed by atoms with Gasteiger partial charge in [-0.25, -0.2) is 4.39 Å². The van der Waals surface area contributed by atoms with E-state index in [0.29, 0.717) is 12.6 Å². The SMILES string of the molecule is CC(C)N1CCN(C(=O)COc2ccccc2F)c2ccccc21. The summed E-state index contributed by atoms with van der Waals surface area (Å²) in [6, 6.07) is 14.3. The van der Waals surface area contributed by atoms with Gasteiger partial charge >= 0.3 is 0 Å². The number of rotatable bonds is 4. The molecule has 3 rings (SSSR count). The molecule has 2 aromatic rings. The van der Waals surface area contributed by atoms with Crippen molar-refractivity contribution in [3.8, 4) is 5.75 Å². The van der Waals surface area contributed by atoms with E-state index in [1.807, 2.05) is 24.3 Å². The average Bonchev–Trinajstić information content (AvgIpc) is 2.59. The number of ether oxygens (including phenoxy) is 1. The maximum atomic E-state index is 13.6. The molecule has 0 saturated carbocycles. The van der Waals surface area contributed by atoms with Gasteiger partial charge in [0.15, 0.2) is 18.2 Å². The van der Waals surface area contributed by atoms with Crippen LogP contribution in [0.15, 0.2) is 48.5 Å². The summed E-state index contributed by atoms with van der Waals surface area (Å²) in [4.78, 5) is 16.6. The summed E-state index contributed by atoms with van der Waals surface area (Å²) in [5, 5.41) is 0. The van der Waals surface area contributed by atoms with E-state index < -0.39 is 5.82 Å². The fraction of sp³-hybridized carbons (Fsp3) is 0.316. The van der Waals surface area contributed by atoms with Crippen molar-refractivity contribution in [3.63, 3.8) is 0 Å². The summed E-state index contributed by atoms with van der Waals surface area (Å²) in [5.74, 6) is -0.538. The minimum absolute atomic E-state index is 0.0972. The lowest BCUT2D eigenvalue weighted by atomic mass is 10.1. The number of hydrogen-bond acceptors (Lipinski definition) is 3. The van der Waals surface area contributed by atoms with Gasteiger partial charge < -0.3 is 14.5 Å². The highest BCUT2D eigenvalue weighted by Crippen LogP contribution is 2.34. The van der Waals surface area contributed by atoms with Crippen molar-refractivity contribution < 1.29 is 13.9 Å². The monoisotopic (exact) mass is 328 g/mol. The van der Waals surface area contributed by atoms with Crippen molar-refractivity contribution in [1.29, 1.82) is 0 Å². The highest BCUT2D eigenvalue weighted by atomic mass is 19.1. The molecule has 126 valence electrons. The molecule has 2 aromatic carbocycles. The molecule has 1 heterocycles. The Balaban J connectivity index is 1.76. The van der Waals surface area contributed by atoms with E-state index in [2.05, 4.69) is 18.7 Å². The molecule has 0 atom stereocenters. The Hall–Kier alpha value is -2.56. The molecule has 24 heavy (non-hydrogen) atoms. The van der Waals surface area contributed by atoms with Crippen molar-refractivity contribution >= 4 is 17.3 Å². The third kappa shape index (κ3) is 3.20. The quantitative estimate of drug-likeness (QED) is 0.861. The number of benzene rings is 2. The first-order chi connectivity index (χ1) is 11.6. The van der Waals surface area contributed by atoms with Gasteiger partial charge in [0.05, 0.1) is 11.4 Å². The number of hydrogen-bond donors (Lipinski definition) is 0. The molecule has 0 saturated heterocycles. The van der Waals surface area contributed by atoms with E-state index in [1.54, 1.807) is 17.0 Å². The minimum Gasteiger partial charge on any atom is -0.481 e. The summed E-state index contributed by atoms with van der Waals surface area (Å²) in [6.45, 7) is 5.44. The van der Waals surface area contributed by atoms with E-state index in [1.165, 1.54) is 12.1 Å². The summed E-state index contributed by atoms with van der Waals surface area (Å²) in [6.07, 6.45) is 0. The molecule has 0 bridgehead atoms. The summed E-state index contributed by atoms with van der Waals surface area (Å²) in [7, 11) is 0. The standard InChI is InChI=1S/C19H21FN2O2/c1-14(2)21-11-12-22(17-9-5-4-8-16(17)21)19(23)13-24-18-10-6-3-7-15(18)20/h3-10,14H,11-13H2,1-2H3. The van der Waals surface area contributed by atoms with Gasteiger partial charge in [0.2, 0.25) is 0 Å². The predicted octanol–water partition coefficient (Wildman–Crippen LogP) is 3.47. The molecular weight excluding hydrogens is 307 g/mol. The van der Waals surface area contributed by atoms with Crippen LogP contribution in [0.5, 0.6) is 5.75 Å². The zero-order chi connectivity index (χ0) is 17.1. The maximum absolute atomic E-state index is 13.6. The molecule has 0 spiro atoms. The zero-order valence-electron chi connectivity index (χ0n) is 13.9. The Bertz CT molecular complexity index is 733. The number of carbonyl (C=O) groups is 1. The number of carbonyl (C=O) groups excluding carboxylic acids is 1. The number of halogens is 1. The van der Waals surface area contributed by atoms with Crippen LogP contribution in [0.4, 0.5) is 15.8 Å². The summed E-state index contributed by atoms with van der Waals surface area (Å²) < 4.78 is 19.0. The molecule has 4 nitrogen and oxygen atoms in total. The van der Waals surface area contributed by atoms with E-state index in [4.69, 9.17) is 4.74 Å². The van der Waals surface area contributed by atoms with E-state index >= 15 is 0 Å². The number of para-hydroxylation sites is 3. The fourth-order valence-electron chi connectivity index (χ4n) is 2.96. The fourth-order valence-corrected chi connectivity index (χ4v) is 2.96. The van der Waals surface area contributed by atoms with Crippen LogP contribution < -0.4 is 14.5 Å². The molecule has 0 fully saturated rings. The Morgan fingerprint density at radius 1 is 1.08 bits per heavy atom. The molecular formula is C19H21FN2O2. The van der Waals surface area contributed by atoms with Crippen LogP contribution in [0.3, 0.4) is 0 Å². The van der Waals surface area contributed by atoms with Crippen molar-refractivity contribution in [2.75, 3.05) is 29.5 Å². The van der Waals surface area contributed by atoms with E-state index in [0.717, 1.165) is 17.9 Å². The van der Waals surface area contributed by atoms with Gasteiger partial charge in [0.25, 0.3) is 5.91 Å². The summed E-state index contributed by atoms with van der Waals surface area (Å²) in [5.41, 5.74) is 1.91. The number of anilines is 2. The highest BCUT2D eigenvalue weighted by molar-refractivity contribution is 5.98. The lowest BCUT2D eigenvalue weighted by Gasteiger charge is -2.39. The first-order valence-corrected chi connectivity index (χ1v) is 8.11. The smallest absolute Gasteiger partial charge is 0.265 e. The van der Waals surface area contributed by atoms with Crippen LogP contribution in [0.25, 0.3) is 0 Å². The largest absolute Gasteiger partial charge is 0.481 e. The van der Waals surface area contributed by atoms with Crippen molar-refractivity contribution in [1.82, 2.24) is 0 Å². The minimum atomic E-state index is -0.463. The lowest BCUT2D eigenvalue weighted by molar-refractivity contribution is -0.120. The lowest BCUT2D eigenvalue weighted by Crippen LogP contribution is -2.47. The van der Waals surface area contributed by atoms with Crippen LogP contribution >= 0.6 is 0 Å². The molecule has 0 N–H and O–H groups in total. The Kier molecular flexibility index (Phi) is 4.69. The van der Waals surface area contributed by atoms with Gasteiger partial charge in [0, 0.05) is 19.1 Å². The zero-order valence-corrected chi connectivity index (χ0v) is 13.9. The number of fused-ring (bicyclic) bond motifs is 1. The van der Waals surface area contributed by atoms with Crippen molar-refractivity contribution in [2.45, 2.75) is 19.9 Å². The Labute approximate surface area is 141 Å². The molecule has 0 radical (unpaired) electrons. The van der Waals surface area contributed by atoms with Crippen LogP contribution in [0, 0.1) is 5.82 Å². The van der Waals surface area contributed by atoms with E-state index in [-0.39, 0.29) is 18.3 Å². The van der Waals surface area contributed by atoms with Gasteiger partial charge in [-0.05, 0) is 38.1 Å². The van der Waals surface area contributed by atoms with Crippen molar-refractivity contribution in [2.24, 2.45) is 0 Å². The average molecular weight is 328 g/mol. The summed E-state index contributed by atoms with van der Waals surface area (Å²) >= 11 is 0. The molecule has 1 aliphatic rings. The third-order valence-corrected chi connectivity index (χ3v) is 4.16. The first kappa shape index (κ1) is 16.3. The van der Waals surface area contributed by atoms with Crippen molar-refractivity contribution in [3.05, 3.63) is 54.3 Å². The van der Waals surface area contributed by atoms with Crippen LogP contribution in [0.2, 0.25) is 0 Å². The molecule has 5 heteroatoms. The van der Waals surface area contributed by atoms with Crippen LogP contribution in [-0.4, -0.2) is 31.6 Å². The second-order valence-electron chi connectivity index (χ2n) is 6.04. The maximum Gasteiger partial charge on any atom is 0.265 e. The van der Waals surface area contributed by atoms with Gasteiger partial charge in [-0.2, -0.15) is 0 Å². The molecule has 0 unspecified atom stereocenters. The second kappa shape index (κ2) is 6.91. The third-order valence-electron chi connectivity index (χ3n) is 4.16. The molecule has 0 aromatic heterocycles. The number of amides is 1. The van der Waals surface area contributed by atoms with Gasteiger partial charge in [0.1, 0.15) is 0 Å². The van der Waals surface area contributed by atoms with Crippen LogP contribution in [0.1, 0.15) is 13.8 Å². The normalized spacial score (nSPS) is 13.8. The van der Waals surface area contributed by atoms with Crippen LogP contribution in [-0.2, 0) is 4.79 Å². The molecule has 0 aliphatic carbocycles. The van der Waals surface area contributed by atoms with Gasteiger partial charge in [-0.15, -0.1) is 0 Å². The highest BCUT2D eigenvalue weighted by Gasteiger charge is 2.27. The molecule has 1 aliphatic heterocycles. The predicted molar refractivity (Wildman–Crippen MR) is 93.2 cm³/mol.